The van der Waals surface area contributed by atoms with Crippen LogP contribution in [0.3, 0.4) is 0 Å². The van der Waals surface area contributed by atoms with E-state index in [1.54, 1.807) is 18.7 Å². The maximum absolute atomic E-state index is 11.6. The highest BCUT2D eigenvalue weighted by atomic mass is 32.2. The van der Waals surface area contributed by atoms with Crippen molar-refractivity contribution in [3.8, 4) is 0 Å². The molecule has 1 amide bonds. The second-order valence-electron chi connectivity index (χ2n) is 4.14. The third-order valence-electron chi connectivity index (χ3n) is 2.57. The quantitative estimate of drug-likeness (QED) is 0.706. The van der Waals surface area contributed by atoms with Gasteiger partial charge in [0.1, 0.15) is 0 Å². The molecule has 3 nitrogen and oxygen atoms in total. The Morgan fingerprint density at radius 2 is 2.40 bits per heavy atom. The molecule has 1 aliphatic rings. The molecular weight excluding hydrogens is 210 g/mol. The van der Waals surface area contributed by atoms with Crippen molar-refractivity contribution in [1.29, 1.82) is 0 Å². The summed E-state index contributed by atoms with van der Waals surface area (Å²) in [6, 6.07) is 0. The van der Waals surface area contributed by atoms with E-state index < -0.39 is 0 Å². The summed E-state index contributed by atoms with van der Waals surface area (Å²) < 4.78 is 0. The third kappa shape index (κ3) is 5.42. The average molecular weight is 231 g/mol. The Bertz CT molecular complexity index is 191. The van der Waals surface area contributed by atoms with Crippen LogP contribution in [-0.4, -0.2) is 34.7 Å². The minimum absolute atomic E-state index is 0.172. The maximum Gasteiger partial charge on any atom is 0.233 e. The summed E-state index contributed by atoms with van der Waals surface area (Å²) in [6.45, 7) is 2.47. The summed E-state index contributed by atoms with van der Waals surface area (Å²) in [6.07, 6.45) is 4.81. The van der Waals surface area contributed by atoms with Gasteiger partial charge in [-0.05, 0) is 38.4 Å². The van der Waals surface area contributed by atoms with Gasteiger partial charge in [-0.25, -0.2) is 0 Å². The van der Waals surface area contributed by atoms with E-state index in [4.69, 9.17) is 5.11 Å². The van der Waals surface area contributed by atoms with Crippen LogP contribution >= 0.6 is 11.8 Å². The number of aliphatic hydroxyl groups is 1. The summed E-state index contributed by atoms with van der Waals surface area (Å²) in [7, 11) is 0. The van der Waals surface area contributed by atoms with Crippen LogP contribution in [0.2, 0.25) is 0 Å². The van der Waals surface area contributed by atoms with Gasteiger partial charge < -0.3 is 10.4 Å². The zero-order valence-corrected chi connectivity index (χ0v) is 10.2. The van der Waals surface area contributed by atoms with Gasteiger partial charge in [0, 0.05) is 6.54 Å². The number of hydrogen-bond donors (Lipinski definition) is 2. The van der Waals surface area contributed by atoms with E-state index in [1.165, 1.54) is 12.8 Å². The van der Waals surface area contributed by atoms with Gasteiger partial charge >= 0.3 is 0 Å². The van der Waals surface area contributed by atoms with Crippen molar-refractivity contribution >= 4 is 17.7 Å². The van der Waals surface area contributed by atoms with Gasteiger partial charge in [-0.2, -0.15) is 0 Å². The molecule has 2 N–H and O–H groups in total. The first-order valence-corrected chi connectivity index (χ1v) is 6.82. The number of amides is 1. The van der Waals surface area contributed by atoms with E-state index in [0.717, 1.165) is 25.0 Å². The van der Waals surface area contributed by atoms with Gasteiger partial charge in [-0.15, -0.1) is 11.8 Å². The topological polar surface area (TPSA) is 49.3 Å². The normalized spacial score (nSPS) is 23.5. The zero-order valence-electron chi connectivity index (χ0n) is 9.37. The summed E-state index contributed by atoms with van der Waals surface area (Å²) >= 11 is 1.77. The highest BCUT2D eigenvalue weighted by molar-refractivity contribution is 8.00. The van der Waals surface area contributed by atoms with Gasteiger partial charge in [0.25, 0.3) is 0 Å². The molecule has 1 heterocycles. The molecular formula is C11H21NO2S. The van der Waals surface area contributed by atoms with Crippen LogP contribution < -0.4 is 5.32 Å². The molecule has 88 valence electrons. The fraction of sp³-hybridized carbons (Fsp3) is 0.909. The lowest BCUT2D eigenvalue weighted by molar-refractivity contribution is -0.120. The molecule has 15 heavy (non-hydrogen) atoms. The molecule has 1 saturated heterocycles. The van der Waals surface area contributed by atoms with Crippen LogP contribution in [0.1, 0.15) is 39.0 Å². The Labute approximate surface area is 96.0 Å². The van der Waals surface area contributed by atoms with Crippen LogP contribution in [0.5, 0.6) is 0 Å². The van der Waals surface area contributed by atoms with Crippen molar-refractivity contribution in [2.45, 2.75) is 50.4 Å². The summed E-state index contributed by atoms with van der Waals surface area (Å²) in [5.74, 6) is 1.30. The Kier molecular flexibility index (Phi) is 6.10. The molecule has 1 fully saturated rings. The highest BCUT2D eigenvalue weighted by Gasteiger charge is 2.20. The van der Waals surface area contributed by atoms with Gasteiger partial charge in [0.2, 0.25) is 5.91 Å². The first-order chi connectivity index (χ1) is 7.20. The van der Waals surface area contributed by atoms with Crippen molar-refractivity contribution in [3.63, 3.8) is 0 Å². The minimum Gasteiger partial charge on any atom is -0.393 e. The van der Waals surface area contributed by atoms with E-state index in [-0.39, 0.29) is 17.3 Å². The van der Waals surface area contributed by atoms with E-state index in [1.807, 2.05) is 0 Å². The Morgan fingerprint density at radius 3 is 3.00 bits per heavy atom. The summed E-state index contributed by atoms with van der Waals surface area (Å²) in [5.41, 5.74) is 0. The van der Waals surface area contributed by atoms with Crippen LogP contribution in [0.25, 0.3) is 0 Å². The van der Waals surface area contributed by atoms with Gasteiger partial charge in [-0.1, -0.05) is 6.42 Å². The molecule has 0 aromatic carbocycles. The molecule has 0 bridgehead atoms. The Morgan fingerprint density at radius 1 is 1.60 bits per heavy atom. The van der Waals surface area contributed by atoms with E-state index in [0.29, 0.717) is 6.54 Å². The lowest BCUT2D eigenvalue weighted by atomic mass is 10.1. The number of rotatable bonds is 5. The van der Waals surface area contributed by atoms with Gasteiger partial charge in [0.05, 0.1) is 11.4 Å². The molecule has 0 saturated carbocycles. The monoisotopic (exact) mass is 231 g/mol. The van der Waals surface area contributed by atoms with Crippen LogP contribution in [-0.2, 0) is 4.79 Å². The average Bonchev–Trinajstić information content (AvgIpc) is 2.25. The van der Waals surface area contributed by atoms with Crippen molar-refractivity contribution in [2.24, 2.45) is 0 Å². The number of thioether (sulfide) groups is 1. The molecule has 0 spiro atoms. The number of carbonyl (C=O) groups is 1. The smallest absolute Gasteiger partial charge is 0.233 e. The largest absolute Gasteiger partial charge is 0.393 e. The SMILES string of the molecule is CC(O)CCCNC(=O)C1CCCCS1. The minimum atomic E-state index is -0.258. The first-order valence-electron chi connectivity index (χ1n) is 5.77. The molecule has 0 aliphatic carbocycles. The second-order valence-corrected chi connectivity index (χ2v) is 5.45. The fourth-order valence-corrected chi connectivity index (χ4v) is 2.89. The Hall–Kier alpha value is -0.220. The van der Waals surface area contributed by atoms with Crippen LogP contribution in [0.15, 0.2) is 0 Å². The van der Waals surface area contributed by atoms with E-state index in [2.05, 4.69) is 5.32 Å². The predicted octanol–water partition coefficient (Wildman–Crippen LogP) is 1.55. The predicted molar refractivity (Wildman–Crippen MR) is 64.0 cm³/mol. The second kappa shape index (κ2) is 7.12. The lowest BCUT2D eigenvalue weighted by Crippen LogP contribution is -2.34. The molecule has 1 aliphatic heterocycles. The van der Waals surface area contributed by atoms with E-state index in [9.17, 15) is 4.79 Å². The molecule has 2 unspecified atom stereocenters. The zero-order chi connectivity index (χ0) is 11.1. The van der Waals surface area contributed by atoms with Crippen LogP contribution in [0.4, 0.5) is 0 Å². The first kappa shape index (κ1) is 12.8. The van der Waals surface area contributed by atoms with Gasteiger partial charge in [0.15, 0.2) is 0 Å². The Balaban J connectivity index is 2.07. The molecule has 4 heteroatoms. The van der Waals surface area contributed by atoms with Crippen LogP contribution in [0, 0.1) is 0 Å². The molecule has 0 radical (unpaired) electrons. The molecule has 1 rings (SSSR count). The lowest BCUT2D eigenvalue weighted by Gasteiger charge is -2.20. The highest BCUT2D eigenvalue weighted by Crippen LogP contribution is 2.24. The maximum atomic E-state index is 11.6. The standard InChI is InChI=1S/C11H21NO2S/c1-9(13)5-4-7-12-11(14)10-6-2-3-8-15-10/h9-10,13H,2-8H2,1H3,(H,12,14). The number of carbonyl (C=O) groups excluding carboxylic acids is 1. The summed E-state index contributed by atoms with van der Waals surface area (Å²) in [5, 5.41) is 12.2. The van der Waals surface area contributed by atoms with Crippen molar-refractivity contribution in [3.05, 3.63) is 0 Å². The van der Waals surface area contributed by atoms with Crippen molar-refractivity contribution in [2.75, 3.05) is 12.3 Å². The summed E-state index contributed by atoms with van der Waals surface area (Å²) in [4.78, 5) is 11.6. The molecule has 2 atom stereocenters. The number of aliphatic hydroxyl groups excluding tert-OH is 1. The molecule has 0 aromatic rings. The number of nitrogens with one attached hydrogen (secondary N) is 1. The molecule has 0 aromatic heterocycles. The third-order valence-corrected chi connectivity index (χ3v) is 3.95. The number of hydrogen-bond acceptors (Lipinski definition) is 3. The van der Waals surface area contributed by atoms with E-state index >= 15 is 0 Å². The van der Waals surface area contributed by atoms with Gasteiger partial charge in [-0.3, -0.25) is 4.79 Å². The fourth-order valence-electron chi connectivity index (χ4n) is 1.67. The van der Waals surface area contributed by atoms with Crippen molar-refractivity contribution in [1.82, 2.24) is 5.32 Å². The van der Waals surface area contributed by atoms with Crippen molar-refractivity contribution < 1.29 is 9.90 Å².